The monoisotopic (exact) mass is 440 g/mol. The van der Waals surface area contributed by atoms with E-state index in [1.807, 2.05) is 37.3 Å². The van der Waals surface area contributed by atoms with Crippen LogP contribution in [0.25, 0.3) is 11.3 Å². The number of benzene rings is 2. The molecule has 2 aromatic carbocycles. The fraction of sp³-hybridized carbons (Fsp3) is 0.261. The Bertz CT molecular complexity index is 995. The lowest BCUT2D eigenvalue weighted by Crippen LogP contribution is -2.30. The predicted molar refractivity (Wildman–Crippen MR) is 121 cm³/mol. The van der Waals surface area contributed by atoms with Crippen LogP contribution in [-0.2, 0) is 0 Å². The number of amides is 1. The van der Waals surface area contributed by atoms with Gasteiger partial charge in [0.05, 0.1) is 42.2 Å². The molecule has 0 bridgehead atoms. The van der Waals surface area contributed by atoms with Crippen molar-refractivity contribution in [2.45, 2.75) is 25.4 Å². The van der Waals surface area contributed by atoms with Gasteiger partial charge in [-0.15, -0.1) is 0 Å². The summed E-state index contributed by atoms with van der Waals surface area (Å²) in [6.45, 7) is 1.72. The fourth-order valence-electron chi connectivity index (χ4n) is 3.04. The quantitative estimate of drug-likeness (QED) is 0.406. The molecule has 162 valence electrons. The van der Waals surface area contributed by atoms with Gasteiger partial charge in [-0.1, -0.05) is 61.0 Å². The number of carbonyl (C=O) groups is 1. The van der Waals surface area contributed by atoms with Crippen molar-refractivity contribution in [1.82, 2.24) is 15.3 Å². The molecule has 0 aliphatic rings. The minimum absolute atomic E-state index is 0.0283. The standard InChI is InChI=1S/C23H25ClN4O3/c1-2-18(13-29)26-23-25-12-19(24)21(28-23)16-8-10-17(11-9-16)22(31)27-20(14-30)15-6-4-3-5-7-15/h3-12,18,20,29-30H,2,13-14H2,1H3,(H,27,31)(H,25,26,28)/t18?,20-/m1/s1. The van der Waals surface area contributed by atoms with Gasteiger partial charge in [-0.2, -0.15) is 0 Å². The fourth-order valence-corrected chi connectivity index (χ4v) is 3.24. The predicted octanol–water partition coefficient (Wildman–Crippen LogP) is 3.44. The van der Waals surface area contributed by atoms with Crippen LogP contribution in [0.2, 0.25) is 5.02 Å². The molecule has 0 fully saturated rings. The molecular weight excluding hydrogens is 416 g/mol. The van der Waals surface area contributed by atoms with E-state index in [0.29, 0.717) is 22.2 Å². The van der Waals surface area contributed by atoms with Crippen LogP contribution < -0.4 is 10.6 Å². The largest absolute Gasteiger partial charge is 0.394 e. The Morgan fingerprint density at radius 3 is 2.39 bits per heavy atom. The number of carbonyl (C=O) groups excluding carboxylic acids is 1. The molecule has 3 rings (SSSR count). The number of aliphatic hydroxyl groups excluding tert-OH is 2. The number of hydrogen-bond acceptors (Lipinski definition) is 6. The number of hydrogen-bond donors (Lipinski definition) is 4. The van der Waals surface area contributed by atoms with E-state index in [1.165, 1.54) is 6.20 Å². The second-order valence-corrected chi connectivity index (χ2v) is 7.43. The molecule has 3 aromatic rings. The highest BCUT2D eigenvalue weighted by molar-refractivity contribution is 6.32. The molecule has 0 spiro atoms. The molecule has 0 aliphatic heterocycles. The van der Waals surface area contributed by atoms with Crippen molar-refractivity contribution in [2.75, 3.05) is 18.5 Å². The van der Waals surface area contributed by atoms with Crippen LogP contribution in [0.1, 0.15) is 35.3 Å². The topological polar surface area (TPSA) is 107 Å². The van der Waals surface area contributed by atoms with Gasteiger partial charge in [-0.05, 0) is 24.1 Å². The van der Waals surface area contributed by atoms with Crippen LogP contribution in [0, 0.1) is 0 Å². The van der Waals surface area contributed by atoms with Crippen molar-refractivity contribution < 1.29 is 15.0 Å². The SMILES string of the molecule is CCC(CO)Nc1ncc(Cl)c(-c2ccc(C(=O)N[C@H](CO)c3ccccc3)cc2)n1. The van der Waals surface area contributed by atoms with E-state index in [0.717, 1.165) is 17.5 Å². The molecule has 0 aliphatic carbocycles. The van der Waals surface area contributed by atoms with Crippen molar-refractivity contribution in [3.8, 4) is 11.3 Å². The minimum atomic E-state index is -0.489. The van der Waals surface area contributed by atoms with E-state index >= 15 is 0 Å². The maximum Gasteiger partial charge on any atom is 0.251 e. The highest BCUT2D eigenvalue weighted by atomic mass is 35.5. The van der Waals surface area contributed by atoms with E-state index < -0.39 is 6.04 Å². The van der Waals surface area contributed by atoms with E-state index in [-0.39, 0.29) is 25.2 Å². The van der Waals surface area contributed by atoms with Crippen molar-refractivity contribution in [2.24, 2.45) is 0 Å². The van der Waals surface area contributed by atoms with Gasteiger partial charge < -0.3 is 20.8 Å². The second-order valence-electron chi connectivity index (χ2n) is 7.02. The molecule has 7 nitrogen and oxygen atoms in total. The van der Waals surface area contributed by atoms with Crippen molar-refractivity contribution in [1.29, 1.82) is 0 Å². The van der Waals surface area contributed by atoms with Gasteiger partial charge in [-0.3, -0.25) is 4.79 Å². The van der Waals surface area contributed by atoms with E-state index in [4.69, 9.17) is 11.6 Å². The molecular formula is C23H25ClN4O3. The van der Waals surface area contributed by atoms with Crippen molar-refractivity contribution in [3.05, 3.63) is 76.9 Å². The molecule has 8 heteroatoms. The Kier molecular flexibility index (Phi) is 7.94. The summed E-state index contributed by atoms with van der Waals surface area (Å²) in [6, 6.07) is 15.5. The van der Waals surface area contributed by atoms with Gasteiger partial charge in [0.1, 0.15) is 0 Å². The summed E-state index contributed by atoms with van der Waals surface area (Å²) in [5, 5.41) is 25.3. The van der Waals surface area contributed by atoms with Gasteiger partial charge in [0.25, 0.3) is 5.91 Å². The normalized spacial score (nSPS) is 12.8. The molecule has 1 amide bonds. The zero-order valence-electron chi connectivity index (χ0n) is 17.1. The van der Waals surface area contributed by atoms with Gasteiger partial charge in [0.15, 0.2) is 0 Å². The first-order chi connectivity index (χ1) is 15.0. The summed E-state index contributed by atoms with van der Waals surface area (Å²) in [6.07, 6.45) is 2.22. The van der Waals surface area contributed by atoms with Crippen LogP contribution in [-0.4, -0.2) is 45.3 Å². The summed E-state index contributed by atoms with van der Waals surface area (Å²) < 4.78 is 0. The number of halogens is 1. The number of anilines is 1. The average Bonchev–Trinajstić information content (AvgIpc) is 2.82. The van der Waals surface area contributed by atoms with Crippen molar-refractivity contribution in [3.63, 3.8) is 0 Å². The van der Waals surface area contributed by atoms with Gasteiger partial charge >= 0.3 is 0 Å². The van der Waals surface area contributed by atoms with Gasteiger partial charge in [0, 0.05) is 11.1 Å². The minimum Gasteiger partial charge on any atom is -0.394 e. The number of nitrogens with zero attached hydrogens (tertiary/aromatic N) is 2. The average molecular weight is 441 g/mol. The molecule has 1 unspecified atom stereocenters. The summed E-state index contributed by atoms with van der Waals surface area (Å²) >= 11 is 6.28. The maximum absolute atomic E-state index is 12.6. The van der Waals surface area contributed by atoms with Crippen LogP contribution >= 0.6 is 11.6 Å². The number of rotatable bonds is 9. The lowest BCUT2D eigenvalue weighted by Gasteiger charge is -2.17. The molecule has 0 saturated carbocycles. The van der Waals surface area contributed by atoms with Crippen LogP contribution in [0.4, 0.5) is 5.95 Å². The molecule has 0 radical (unpaired) electrons. The summed E-state index contributed by atoms with van der Waals surface area (Å²) in [5.74, 6) is 0.0788. The highest BCUT2D eigenvalue weighted by Gasteiger charge is 2.16. The first-order valence-corrected chi connectivity index (χ1v) is 10.4. The summed E-state index contributed by atoms with van der Waals surface area (Å²) in [7, 11) is 0. The molecule has 2 atom stereocenters. The van der Waals surface area contributed by atoms with Gasteiger partial charge in [-0.25, -0.2) is 9.97 Å². The summed E-state index contributed by atoms with van der Waals surface area (Å²) in [5.41, 5.74) is 2.53. The second kappa shape index (κ2) is 10.9. The summed E-state index contributed by atoms with van der Waals surface area (Å²) in [4.78, 5) is 21.3. The molecule has 4 N–H and O–H groups in total. The third kappa shape index (κ3) is 5.79. The lowest BCUT2D eigenvalue weighted by atomic mass is 10.1. The Balaban J connectivity index is 1.76. The third-order valence-corrected chi connectivity index (χ3v) is 5.18. The zero-order valence-corrected chi connectivity index (χ0v) is 17.9. The molecule has 1 heterocycles. The smallest absolute Gasteiger partial charge is 0.251 e. The Morgan fingerprint density at radius 1 is 1.06 bits per heavy atom. The molecule has 31 heavy (non-hydrogen) atoms. The van der Waals surface area contributed by atoms with Crippen molar-refractivity contribution >= 4 is 23.5 Å². The number of aromatic nitrogens is 2. The van der Waals surface area contributed by atoms with Crippen LogP contribution in [0.3, 0.4) is 0 Å². The Labute approximate surface area is 186 Å². The van der Waals surface area contributed by atoms with Gasteiger partial charge in [0.2, 0.25) is 5.95 Å². The van der Waals surface area contributed by atoms with E-state index in [1.54, 1.807) is 24.3 Å². The lowest BCUT2D eigenvalue weighted by molar-refractivity contribution is 0.0916. The Morgan fingerprint density at radius 2 is 1.77 bits per heavy atom. The first kappa shape index (κ1) is 22.7. The molecule has 0 saturated heterocycles. The highest BCUT2D eigenvalue weighted by Crippen LogP contribution is 2.27. The number of nitrogens with one attached hydrogen (secondary N) is 2. The van der Waals surface area contributed by atoms with Crippen LogP contribution in [0.5, 0.6) is 0 Å². The molecule has 1 aromatic heterocycles. The van der Waals surface area contributed by atoms with Crippen LogP contribution in [0.15, 0.2) is 60.8 Å². The Hall–Kier alpha value is -3.00. The third-order valence-electron chi connectivity index (χ3n) is 4.90. The van der Waals surface area contributed by atoms with E-state index in [9.17, 15) is 15.0 Å². The van der Waals surface area contributed by atoms with E-state index in [2.05, 4.69) is 20.6 Å². The maximum atomic E-state index is 12.6. The number of aliphatic hydroxyl groups is 2. The first-order valence-electron chi connectivity index (χ1n) is 10.0. The zero-order chi connectivity index (χ0) is 22.2.